The Kier molecular flexibility index (Phi) is 3.62. The van der Waals surface area contributed by atoms with E-state index in [4.69, 9.17) is 24.9 Å². The van der Waals surface area contributed by atoms with Gasteiger partial charge in [-0.2, -0.15) is 0 Å². The van der Waals surface area contributed by atoms with E-state index in [0.717, 1.165) is 0 Å². The third-order valence-electron chi connectivity index (χ3n) is 2.17. The Bertz CT molecular complexity index is 481. The van der Waals surface area contributed by atoms with Crippen LogP contribution < -0.4 is 0 Å². The van der Waals surface area contributed by atoms with Crippen molar-refractivity contribution in [2.75, 3.05) is 6.54 Å². The van der Waals surface area contributed by atoms with Gasteiger partial charge in [-0.1, -0.05) is 0 Å². The fraction of sp³-hybridized carbons (Fsp3) is 0.857. The molecule has 0 N–H and O–H groups in total. The van der Waals surface area contributed by atoms with Crippen molar-refractivity contribution in [3.05, 3.63) is 11.4 Å². The maximum absolute atomic E-state index is 12.2. The van der Waals surface area contributed by atoms with Crippen LogP contribution in [0.15, 0.2) is 0 Å². The molecule has 5 nitrogen and oxygen atoms in total. The van der Waals surface area contributed by atoms with E-state index in [0.29, 0.717) is 0 Å². The van der Waals surface area contributed by atoms with E-state index in [9.17, 15) is 4.79 Å². The molecule has 0 saturated carbocycles. The molecule has 0 aliphatic carbocycles. The number of rotatable bonds is 3. The van der Waals surface area contributed by atoms with E-state index < -0.39 is 35.9 Å². The molecule has 1 aliphatic heterocycles. The second-order valence-electron chi connectivity index (χ2n) is 5.84. The summed E-state index contributed by atoms with van der Waals surface area (Å²) < 4.78 is 40.4. The van der Waals surface area contributed by atoms with Crippen LogP contribution >= 0.6 is 0 Å². The zero-order chi connectivity index (χ0) is 17.4. The number of ether oxygens (including phenoxy) is 3. The van der Waals surface area contributed by atoms with Gasteiger partial charge in [0.15, 0.2) is 5.79 Å². The molecule has 2 atom stereocenters. The Morgan fingerprint density at radius 2 is 2.21 bits per heavy atom. The van der Waals surface area contributed by atoms with E-state index in [1.165, 1.54) is 13.8 Å². The fourth-order valence-electron chi connectivity index (χ4n) is 1.71. The van der Waals surface area contributed by atoms with Crippen molar-refractivity contribution >= 4 is 5.97 Å². The van der Waals surface area contributed by atoms with Crippen LogP contribution in [-0.2, 0) is 19.0 Å². The lowest BCUT2D eigenvalue weighted by molar-refractivity contribution is -0.296. The molecule has 19 heavy (non-hydrogen) atoms. The molecule has 0 spiro atoms. The molecule has 0 aromatic rings. The third-order valence-corrected chi connectivity index (χ3v) is 2.17. The second-order valence-corrected chi connectivity index (χ2v) is 5.84. The first-order valence-electron chi connectivity index (χ1n) is 7.67. The Morgan fingerprint density at radius 1 is 1.58 bits per heavy atom. The second kappa shape index (κ2) is 5.89. The molecule has 1 aliphatic rings. The molecular formula is C14H23NO4. The Morgan fingerprint density at radius 3 is 2.74 bits per heavy atom. The number of hydrogen-bond donors (Lipinski definition) is 0. The first kappa shape index (κ1) is 11.7. The Hall–Kier alpha value is -1.12. The van der Waals surface area contributed by atoms with Crippen molar-refractivity contribution in [1.29, 1.82) is 0 Å². The smallest absolute Gasteiger partial charge is 0.308 e. The number of carbonyl (C=O) groups is 1. The summed E-state index contributed by atoms with van der Waals surface area (Å²) in [4.78, 5) is 15.4. The molecule has 0 bridgehead atoms. The summed E-state index contributed by atoms with van der Waals surface area (Å²) in [6.07, 6.45) is -5.80. The summed E-state index contributed by atoms with van der Waals surface area (Å²) in [5.74, 6) is -2.43. The quantitative estimate of drug-likeness (QED) is 0.585. The topological polar surface area (TPSA) is 49.1 Å². The maximum atomic E-state index is 12.2. The number of esters is 1. The molecule has 1 heterocycles. The lowest BCUT2D eigenvalue weighted by atomic mass is 10.1. The van der Waals surface area contributed by atoms with Gasteiger partial charge in [0, 0.05) is 9.16 Å². The molecule has 108 valence electrons. The summed E-state index contributed by atoms with van der Waals surface area (Å²) in [6, 6.07) is 0. The van der Waals surface area contributed by atoms with Crippen molar-refractivity contribution in [3.63, 3.8) is 0 Å². The summed E-state index contributed by atoms with van der Waals surface area (Å²) in [6.45, 7) is 14.8. The van der Waals surface area contributed by atoms with Crippen LogP contribution in [0, 0.1) is 6.57 Å². The van der Waals surface area contributed by atoms with Crippen molar-refractivity contribution in [2.24, 2.45) is 0 Å². The van der Waals surface area contributed by atoms with Gasteiger partial charge in [-0.05, 0) is 34.6 Å². The van der Waals surface area contributed by atoms with Crippen molar-refractivity contribution in [2.45, 2.75) is 71.0 Å². The van der Waals surface area contributed by atoms with Gasteiger partial charge in [0.1, 0.15) is 11.7 Å². The highest BCUT2D eigenvalue weighted by Gasteiger charge is 2.38. The van der Waals surface area contributed by atoms with Gasteiger partial charge in [0.2, 0.25) is 6.54 Å². The Balaban J connectivity index is 3.08. The highest BCUT2D eigenvalue weighted by molar-refractivity contribution is 5.70. The van der Waals surface area contributed by atoms with Gasteiger partial charge in [0.05, 0.1) is 13.8 Å². The molecule has 0 aromatic carbocycles. The summed E-state index contributed by atoms with van der Waals surface area (Å²) in [7, 11) is 0. The van der Waals surface area contributed by atoms with Crippen molar-refractivity contribution in [3.8, 4) is 0 Å². The normalized spacial score (nSPS) is 33.5. The summed E-state index contributed by atoms with van der Waals surface area (Å²) in [5, 5.41) is 0. The first-order chi connectivity index (χ1) is 9.72. The van der Waals surface area contributed by atoms with Gasteiger partial charge < -0.3 is 19.1 Å². The van der Waals surface area contributed by atoms with E-state index in [1.807, 2.05) is 0 Å². The lowest BCUT2D eigenvalue weighted by Crippen LogP contribution is -2.46. The predicted octanol–water partition coefficient (Wildman–Crippen LogP) is 2.55. The fourth-order valence-corrected chi connectivity index (χ4v) is 1.71. The van der Waals surface area contributed by atoms with Gasteiger partial charge in [-0.15, -0.1) is 0 Å². The van der Waals surface area contributed by atoms with Crippen LogP contribution in [-0.4, -0.2) is 36.1 Å². The minimum absolute atomic E-state index is 0.0299. The summed E-state index contributed by atoms with van der Waals surface area (Å²) >= 11 is 0. The van der Waals surface area contributed by atoms with Crippen molar-refractivity contribution in [1.82, 2.24) is 0 Å². The van der Waals surface area contributed by atoms with Crippen LogP contribution in [0.25, 0.3) is 4.85 Å². The summed E-state index contributed by atoms with van der Waals surface area (Å²) in [5.41, 5.74) is -0.878. The average molecular weight is 272 g/mol. The zero-order valence-corrected chi connectivity index (χ0v) is 12.1. The molecule has 0 radical (unpaired) electrons. The first-order valence-corrected chi connectivity index (χ1v) is 6.17. The molecule has 1 saturated heterocycles. The zero-order valence-electron chi connectivity index (χ0n) is 15.1. The Labute approximate surface area is 119 Å². The van der Waals surface area contributed by atoms with Gasteiger partial charge >= 0.3 is 5.97 Å². The minimum Gasteiger partial charge on any atom is -0.460 e. The molecule has 0 aromatic heterocycles. The van der Waals surface area contributed by atoms with E-state index in [1.54, 1.807) is 20.8 Å². The van der Waals surface area contributed by atoms with Crippen LogP contribution in [0.1, 0.15) is 51.5 Å². The predicted molar refractivity (Wildman–Crippen MR) is 70.4 cm³/mol. The number of hydrogen-bond acceptors (Lipinski definition) is 4. The maximum Gasteiger partial charge on any atom is 0.308 e. The van der Waals surface area contributed by atoms with E-state index in [-0.39, 0.29) is 13.0 Å². The van der Waals surface area contributed by atoms with E-state index in [2.05, 4.69) is 4.85 Å². The monoisotopic (exact) mass is 272 g/mol. The highest BCUT2D eigenvalue weighted by atomic mass is 16.7. The number of nitrogens with zero attached hydrogens (tertiary/aromatic N) is 1. The largest absolute Gasteiger partial charge is 0.460 e. The molecule has 1 unspecified atom stereocenters. The van der Waals surface area contributed by atoms with Crippen LogP contribution in [0.3, 0.4) is 0 Å². The standard InChI is InChI=1S/C14H23NO4/c1-13(2,3)19-12(16)8-10-7-11(9-15-6)18-14(4,5)17-10/h10-11H,7-9H2,1-5H3/t10-,11?/m1/s1/i8D2,10D. The van der Waals surface area contributed by atoms with Gasteiger partial charge in [-0.3, -0.25) is 4.79 Å². The van der Waals surface area contributed by atoms with Gasteiger partial charge in [-0.25, -0.2) is 6.57 Å². The lowest BCUT2D eigenvalue weighted by Gasteiger charge is -2.39. The van der Waals surface area contributed by atoms with E-state index >= 15 is 0 Å². The molecular weight excluding hydrogens is 246 g/mol. The molecule has 1 fully saturated rings. The molecule has 1 rings (SSSR count). The number of carbonyl (C=O) groups excluding carboxylic acids is 1. The average Bonchev–Trinajstić information content (AvgIpc) is 2.23. The SMILES string of the molecule is [2H]C([2H])(C(=O)OC(C)(C)C)[C@@]1([2H])CC(C[N+]#[C-])OC(C)(C)O1. The molecule has 0 amide bonds. The molecule has 5 heteroatoms. The minimum atomic E-state index is -2.69. The van der Waals surface area contributed by atoms with Crippen LogP contribution in [0.4, 0.5) is 0 Å². The van der Waals surface area contributed by atoms with Crippen molar-refractivity contribution < 1.29 is 23.1 Å². The van der Waals surface area contributed by atoms with Crippen LogP contribution in [0.2, 0.25) is 0 Å². The highest BCUT2D eigenvalue weighted by Crippen LogP contribution is 2.29. The van der Waals surface area contributed by atoms with Crippen LogP contribution in [0.5, 0.6) is 0 Å². The third kappa shape index (κ3) is 6.04. The van der Waals surface area contributed by atoms with Gasteiger partial charge in [0.25, 0.3) is 0 Å².